The van der Waals surface area contributed by atoms with Gasteiger partial charge < -0.3 is 20.0 Å². The molecule has 2 aromatic carbocycles. The average Bonchev–Trinajstić information content (AvgIpc) is 2.89. The second-order valence-corrected chi connectivity index (χ2v) is 10.2. The van der Waals surface area contributed by atoms with E-state index in [-0.39, 0.29) is 56.3 Å². The van der Waals surface area contributed by atoms with Crippen molar-refractivity contribution in [2.24, 2.45) is 5.92 Å². The van der Waals surface area contributed by atoms with Crippen LogP contribution in [-0.2, 0) is 9.59 Å². The van der Waals surface area contributed by atoms with Gasteiger partial charge in [0.25, 0.3) is 0 Å². The van der Waals surface area contributed by atoms with Gasteiger partial charge in [-0.15, -0.1) is 0 Å². The molecular formula is C28H35F3N4O3. The number of urea groups is 1. The maximum absolute atomic E-state index is 14.0. The SMILES string of the molecule is CC[C@H](C)[C@H]1C(=O)N([C@H](C)c2cccc3ccccc23)C[C@@H]2N(C(=O)NCCCC(F)(F)F)CCC(=O)N12. The highest BCUT2D eigenvalue weighted by molar-refractivity contribution is 5.92. The van der Waals surface area contributed by atoms with Gasteiger partial charge in [-0.25, -0.2) is 4.79 Å². The van der Waals surface area contributed by atoms with Gasteiger partial charge in [-0.3, -0.25) is 9.59 Å². The van der Waals surface area contributed by atoms with Crippen LogP contribution in [-0.4, -0.2) is 70.6 Å². The lowest BCUT2D eigenvalue weighted by atomic mass is 9.90. The Labute approximate surface area is 220 Å². The van der Waals surface area contributed by atoms with Crippen LogP contribution in [0, 0.1) is 5.92 Å². The lowest BCUT2D eigenvalue weighted by Gasteiger charge is -2.54. The van der Waals surface area contributed by atoms with Gasteiger partial charge in [0.2, 0.25) is 11.8 Å². The Bertz CT molecular complexity index is 1180. The number of alkyl halides is 3. The van der Waals surface area contributed by atoms with E-state index in [0.717, 1.165) is 16.3 Å². The fourth-order valence-corrected chi connectivity index (χ4v) is 5.59. The molecule has 0 bridgehead atoms. The van der Waals surface area contributed by atoms with Crippen LogP contribution in [0.1, 0.15) is 58.1 Å². The highest BCUT2D eigenvalue weighted by Gasteiger charge is 2.51. The van der Waals surface area contributed by atoms with Crippen LogP contribution in [0.25, 0.3) is 10.8 Å². The van der Waals surface area contributed by atoms with E-state index >= 15 is 0 Å². The minimum atomic E-state index is -4.29. The second-order valence-electron chi connectivity index (χ2n) is 10.2. The number of hydrogen-bond acceptors (Lipinski definition) is 3. The van der Waals surface area contributed by atoms with Crippen molar-refractivity contribution in [1.82, 2.24) is 20.0 Å². The highest BCUT2D eigenvalue weighted by Crippen LogP contribution is 2.36. The molecule has 2 aliphatic heterocycles. The monoisotopic (exact) mass is 532 g/mol. The predicted octanol–water partition coefficient (Wildman–Crippen LogP) is 5.07. The summed E-state index contributed by atoms with van der Waals surface area (Å²) in [5, 5.41) is 4.66. The predicted molar refractivity (Wildman–Crippen MR) is 138 cm³/mol. The summed E-state index contributed by atoms with van der Waals surface area (Å²) < 4.78 is 37.6. The molecular weight excluding hydrogens is 497 g/mol. The van der Waals surface area contributed by atoms with Crippen molar-refractivity contribution < 1.29 is 27.6 Å². The Kier molecular flexibility index (Phi) is 8.18. The summed E-state index contributed by atoms with van der Waals surface area (Å²) in [6, 6.07) is 12.3. The van der Waals surface area contributed by atoms with E-state index in [9.17, 15) is 27.6 Å². The molecule has 4 amide bonds. The molecule has 2 aliphatic rings. The van der Waals surface area contributed by atoms with Gasteiger partial charge in [0.15, 0.2) is 0 Å². The van der Waals surface area contributed by atoms with Crippen molar-refractivity contribution in [2.75, 3.05) is 19.6 Å². The first-order valence-electron chi connectivity index (χ1n) is 13.2. The van der Waals surface area contributed by atoms with Gasteiger partial charge in [0.1, 0.15) is 12.2 Å². The van der Waals surface area contributed by atoms with Gasteiger partial charge in [-0.2, -0.15) is 13.2 Å². The Balaban J connectivity index is 1.64. The first-order valence-corrected chi connectivity index (χ1v) is 13.2. The minimum absolute atomic E-state index is 0.0611. The molecule has 4 rings (SSSR count). The van der Waals surface area contributed by atoms with Crippen molar-refractivity contribution in [2.45, 2.75) is 70.9 Å². The molecule has 4 atom stereocenters. The van der Waals surface area contributed by atoms with Gasteiger partial charge in [-0.1, -0.05) is 62.7 Å². The number of hydrogen-bond donors (Lipinski definition) is 1. The summed E-state index contributed by atoms with van der Waals surface area (Å²) in [5.74, 6) is -0.490. The average molecular weight is 533 g/mol. The molecule has 10 heteroatoms. The fourth-order valence-electron chi connectivity index (χ4n) is 5.59. The zero-order valence-electron chi connectivity index (χ0n) is 22.0. The second kappa shape index (κ2) is 11.2. The maximum Gasteiger partial charge on any atom is 0.389 e. The maximum atomic E-state index is 14.0. The smallest absolute Gasteiger partial charge is 0.338 e. The number of halogens is 3. The minimum Gasteiger partial charge on any atom is -0.338 e. The van der Waals surface area contributed by atoms with E-state index < -0.39 is 30.8 Å². The van der Waals surface area contributed by atoms with Crippen molar-refractivity contribution in [1.29, 1.82) is 0 Å². The summed E-state index contributed by atoms with van der Waals surface area (Å²) in [6.45, 7) is 5.98. The van der Waals surface area contributed by atoms with Crippen LogP contribution in [0.15, 0.2) is 42.5 Å². The summed E-state index contributed by atoms with van der Waals surface area (Å²) in [5.41, 5.74) is 0.970. The van der Waals surface area contributed by atoms with E-state index in [2.05, 4.69) is 5.32 Å². The quantitative estimate of drug-likeness (QED) is 0.506. The number of rotatable bonds is 7. The number of fused-ring (bicyclic) bond motifs is 2. The van der Waals surface area contributed by atoms with Crippen molar-refractivity contribution in [3.8, 4) is 0 Å². The van der Waals surface area contributed by atoms with E-state index in [1.807, 2.05) is 63.2 Å². The molecule has 0 saturated carbocycles. The molecule has 0 spiro atoms. The lowest BCUT2D eigenvalue weighted by Crippen LogP contribution is -2.73. The number of carbonyl (C=O) groups excluding carboxylic acids is 3. The number of piperazine rings is 1. The lowest BCUT2D eigenvalue weighted by molar-refractivity contribution is -0.172. The molecule has 2 aromatic rings. The van der Waals surface area contributed by atoms with Crippen LogP contribution in [0.2, 0.25) is 0 Å². The zero-order chi connectivity index (χ0) is 27.6. The van der Waals surface area contributed by atoms with Gasteiger partial charge in [0, 0.05) is 25.9 Å². The normalized spacial score (nSPS) is 21.9. The molecule has 2 saturated heterocycles. The van der Waals surface area contributed by atoms with E-state index in [0.29, 0.717) is 6.42 Å². The molecule has 7 nitrogen and oxygen atoms in total. The summed E-state index contributed by atoms with van der Waals surface area (Å²) >= 11 is 0. The van der Waals surface area contributed by atoms with E-state index in [1.165, 1.54) is 4.90 Å². The summed E-state index contributed by atoms with van der Waals surface area (Å²) in [6.07, 6.45) is -5.48. The molecule has 0 unspecified atom stereocenters. The van der Waals surface area contributed by atoms with Crippen LogP contribution in [0.5, 0.6) is 0 Å². The molecule has 206 valence electrons. The number of nitrogens with one attached hydrogen (secondary N) is 1. The third-order valence-electron chi connectivity index (χ3n) is 7.83. The van der Waals surface area contributed by atoms with Gasteiger partial charge in [0.05, 0.1) is 12.6 Å². The van der Waals surface area contributed by atoms with Crippen LogP contribution in [0.3, 0.4) is 0 Å². The first-order chi connectivity index (χ1) is 18.0. The number of carbonyl (C=O) groups is 3. The molecule has 0 aromatic heterocycles. The largest absolute Gasteiger partial charge is 0.389 e. The third-order valence-corrected chi connectivity index (χ3v) is 7.83. The van der Waals surface area contributed by atoms with Crippen molar-refractivity contribution in [3.63, 3.8) is 0 Å². The third kappa shape index (κ3) is 5.59. The Morgan fingerprint density at radius 1 is 1.11 bits per heavy atom. The van der Waals surface area contributed by atoms with E-state index in [4.69, 9.17) is 0 Å². The number of benzene rings is 2. The Morgan fingerprint density at radius 3 is 2.53 bits per heavy atom. The summed E-state index contributed by atoms with van der Waals surface area (Å²) in [4.78, 5) is 45.0. The Morgan fingerprint density at radius 2 is 1.82 bits per heavy atom. The zero-order valence-corrected chi connectivity index (χ0v) is 22.0. The first kappa shape index (κ1) is 27.7. The van der Waals surface area contributed by atoms with Crippen molar-refractivity contribution >= 4 is 28.6 Å². The molecule has 1 N–H and O–H groups in total. The summed E-state index contributed by atoms with van der Waals surface area (Å²) in [7, 11) is 0. The highest BCUT2D eigenvalue weighted by atomic mass is 19.4. The Hall–Kier alpha value is -3.30. The van der Waals surface area contributed by atoms with Crippen LogP contribution in [0.4, 0.5) is 18.0 Å². The molecule has 2 heterocycles. The number of amides is 4. The molecule has 38 heavy (non-hydrogen) atoms. The molecule has 0 aliphatic carbocycles. The number of nitrogens with zero attached hydrogens (tertiary/aromatic N) is 3. The molecule has 0 radical (unpaired) electrons. The topological polar surface area (TPSA) is 73.0 Å². The van der Waals surface area contributed by atoms with Gasteiger partial charge in [-0.05, 0) is 35.6 Å². The molecule has 2 fully saturated rings. The van der Waals surface area contributed by atoms with Crippen molar-refractivity contribution in [3.05, 3.63) is 48.0 Å². The van der Waals surface area contributed by atoms with Crippen LogP contribution >= 0.6 is 0 Å². The van der Waals surface area contributed by atoms with Gasteiger partial charge >= 0.3 is 12.2 Å². The fraction of sp³-hybridized carbons (Fsp3) is 0.536. The standard InChI is InChI=1S/C28H35F3N4O3/c1-4-18(2)25-26(37)34(19(3)21-12-7-10-20-9-5-6-11-22(20)21)17-23-33(16-13-24(36)35(23)25)27(38)32-15-8-14-28(29,30)31/h5-7,9-12,18-19,23,25H,4,8,13-17H2,1-3H3,(H,32,38)/t18-,19+,23+,25-/m0/s1. The van der Waals surface area contributed by atoms with E-state index in [1.54, 1.807) is 9.80 Å². The van der Waals surface area contributed by atoms with Crippen LogP contribution < -0.4 is 5.32 Å².